The molecular weight excluding hydrogens is 586 g/mol. The number of methoxy groups -OCH3 is 1. The van der Waals surface area contributed by atoms with Gasteiger partial charge in [-0.25, -0.2) is 10.2 Å². The number of nitrogens with zero attached hydrogens (tertiary/aromatic N) is 1. The highest BCUT2D eigenvalue weighted by molar-refractivity contribution is 9.10. The van der Waals surface area contributed by atoms with Crippen LogP contribution in [0.15, 0.2) is 52.0 Å². The fourth-order valence-electron chi connectivity index (χ4n) is 4.14. The van der Waals surface area contributed by atoms with Gasteiger partial charge in [0.2, 0.25) is 0 Å². The summed E-state index contributed by atoms with van der Waals surface area (Å²) in [5.74, 6) is -1.39. The average molecular weight is 615 g/mol. The van der Waals surface area contributed by atoms with E-state index in [1.54, 1.807) is 12.1 Å². The molecule has 11 heteroatoms. The van der Waals surface area contributed by atoms with Gasteiger partial charge >= 0.3 is 17.8 Å². The largest absolute Gasteiger partial charge is 0.490 e. The highest BCUT2D eigenvalue weighted by Crippen LogP contribution is 2.39. The van der Waals surface area contributed by atoms with E-state index in [-0.39, 0.29) is 0 Å². The molecule has 3 aromatic rings. The predicted molar refractivity (Wildman–Crippen MR) is 153 cm³/mol. The molecule has 9 nitrogen and oxygen atoms in total. The van der Waals surface area contributed by atoms with Crippen LogP contribution in [0.3, 0.4) is 0 Å². The molecule has 0 spiro atoms. The first-order valence-electron chi connectivity index (χ1n) is 12.4. The lowest BCUT2D eigenvalue weighted by molar-refractivity contribution is -0.136. The van der Waals surface area contributed by atoms with Crippen LogP contribution in [0, 0.1) is 0 Å². The van der Waals surface area contributed by atoms with Crippen molar-refractivity contribution in [2.75, 3.05) is 19.0 Å². The second-order valence-electron chi connectivity index (χ2n) is 8.60. The Labute approximate surface area is 238 Å². The first kappa shape index (κ1) is 28.3. The molecule has 0 atom stereocenters. The van der Waals surface area contributed by atoms with Crippen LogP contribution in [0.5, 0.6) is 11.5 Å². The van der Waals surface area contributed by atoms with Crippen molar-refractivity contribution in [3.8, 4) is 11.5 Å². The molecule has 1 aromatic heterocycles. The van der Waals surface area contributed by atoms with E-state index in [2.05, 4.69) is 31.8 Å². The Hall–Kier alpha value is -3.70. The van der Waals surface area contributed by atoms with E-state index >= 15 is 0 Å². The summed E-state index contributed by atoms with van der Waals surface area (Å²) in [6.07, 6.45) is 4.92. The smallest absolute Gasteiger partial charge is 0.341 e. The standard InChI is InChI=1S/C28H28BrN3O6S/c1-3-37-21-14-18(13-20(29)24(21)38-16-17-9-5-4-6-10-17)15-30-32-26(34)25(33)31-27-23(28(35)36-2)19-11-7-8-12-22(19)39-27/h4-6,9-10,13-15H,3,7-8,11-12,16H2,1-2H3,(H,31,33)(H,32,34)/b30-15+. The Balaban J connectivity index is 1.42. The van der Waals surface area contributed by atoms with Crippen molar-refractivity contribution in [1.82, 2.24) is 5.43 Å². The van der Waals surface area contributed by atoms with Gasteiger partial charge < -0.3 is 19.5 Å². The molecule has 0 saturated carbocycles. The molecule has 2 aromatic carbocycles. The molecule has 4 rings (SSSR count). The average Bonchev–Trinajstić information content (AvgIpc) is 3.30. The second kappa shape index (κ2) is 13.4. The SMILES string of the molecule is CCOc1cc(/C=N/NC(=O)C(=O)Nc2sc3c(c2C(=O)OC)CCCC3)cc(Br)c1OCc1ccccc1. The van der Waals surface area contributed by atoms with Gasteiger partial charge in [0, 0.05) is 4.88 Å². The van der Waals surface area contributed by atoms with E-state index in [0.29, 0.717) is 45.3 Å². The number of aryl methyl sites for hydroxylation is 1. The first-order chi connectivity index (χ1) is 18.9. The lowest BCUT2D eigenvalue weighted by Crippen LogP contribution is -2.32. The molecule has 1 aliphatic rings. The molecule has 0 aliphatic heterocycles. The molecule has 2 N–H and O–H groups in total. The molecule has 0 radical (unpaired) electrons. The zero-order chi connectivity index (χ0) is 27.8. The number of hydrazone groups is 1. The van der Waals surface area contributed by atoms with Gasteiger partial charge in [0.1, 0.15) is 11.6 Å². The fourth-order valence-corrected chi connectivity index (χ4v) is 5.99. The predicted octanol–water partition coefficient (Wildman–Crippen LogP) is 5.24. The highest BCUT2D eigenvalue weighted by atomic mass is 79.9. The van der Waals surface area contributed by atoms with E-state index < -0.39 is 17.8 Å². The van der Waals surface area contributed by atoms with Crippen molar-refractivity contribution in [2.24, 2.45) is 5.10 Å². The maximum atomic E-state index is 12.6. The van der Waals surface area contributed by atoms with Gasteiger partial charge in [-0.15, -0.1) is 11.3 Å². The summed E-state index contributed by atoms with van der Waals surface area (Å²) >= 11 is 4.82. The summed E-state index contributed by atoms with van der Waals surface area (Å²) < 4.78 is 17.3. The van der Waals surface area contributed by atoms with E-state index in [1.807, 2.05) is 37.3 Å². The summed E-state index contributed by atoms with van der Waals surface area (Å²) in [6.45, 7) is 2.65. The van der Waals surface area contributed by atoms with Crippen molar-refractivity contribution in [3.63, 3.8) is 0 Å². The lowest BCUT2D eigenvalue weighted by atomic mass is 9.95. The number of esters is 1. The molecule has 39 heavy (non-hydrogen) atoms. The minimum Gasteiger partial charge on any atom is -0.490 e. The molecule has 0 fully saturated rings. The molecule has 1 aliphatic carbocycles. The Bertz CT molecular complexity index is 1390. The van der Waals surface area contributed by atoms with Crippen molar-refractivity contribution in [3.05, 3.63) is 74.1 Å². The Morgan fingerprint density at radius 1 is 1.08 bits per heavy atom. The van der Waals surface area contributed by atoms with Crippen molar-refractivity contribution < 1.29 is 28.6 Å². The normalized spacial score (nSPS) is 12.5. The van der Waals surface area contributed by atoms with Crippen LogP contribution in [0.4, 0.5) is 5.00 Å². The number of ether oxygens (including phenoxy) is 3. The topological polar surface area (TPSA) is 115 Å². The molecule has 0 unspecified atom stereocenters. The number of amides is 2. The third kappa shape index (κ3) is 7.04. The number of nitrogens with one attached hydrogen (secondary N) is 2. The van der Waals surface area contributed by atoms with Gasteiger partial charge in [-0.3, -0.25) is 9.59 Å². The van der Waals surface area contributed by atoms with E-state index in [0.717, 1.165) is 41.7 Å². The number of carbonyl (C=O) groups is 3. The van der Waals surface area contributed by atoms with Gasteiger partial charge in [-0.1, -0.05) is 30.3 Å². The number of halogens is 1. The van der Waals surface area contributed by atoms with Gasteiger partial charge in [0.15, 0.2) is 11.5 Å². The van der Waals surface area contributed by atoms with Crippen molar-refractivity contribution in [1.29, 1.82) is 0 Å². The Morgan fingerprint density at radius 3 is 2.59 bits per heavy atom. The summed E-state index contributed by atoms with van der Waals surface area (Å²) in [7, 11) is 1.29. The first-order valence-corrected chi connectivity index (χ1v) is 14.0. The minimum atomic E-state index is -0.972. The summed E-state index contributed by atoms with van der Waals surface area (Å²) in [4.78, 5) is 38.4. The number of anilines is 1. The molecule has 1 heterocycles. The molecule has 204 valence electrons. The summed E-state index contributed by atoms with van der Waals surface area (Å²) in [6, 6.07) is 13.2. The van der Waals surface area contributed by atoms with Gasteiger partial charge in [-0.05, 0) is 77.4 Å². The maximum Gasteiger partial charge on any atom is 0.341 e. The third-order valence-electron chi connectivity index (χ3n) is 5.93. The number of hydrogen-bond donors (Lipinski definition) is 2. The number of fused-ring (bicyclic) bond motifs is 1. The zero-order valence-electron chi connectivity index (χ0n) is 21.5. The molecule has 2 amide bonds. The van der Waals surface area contributed by atoms with Gasteiger partial charge in [0.25, 0.3) is 0 Å². The van der Waals surface area contributed by atoms with Crippen LogP contribution in [0.1, 0.15) is 51.7 Å². The van der Waals surface area contributed by atoms with Crippen LogP contribution >= 0.6 is 27.3 Å². The number of hydrogen-bond acceptors (Lipinski definition) is 8. The Morgan fingerprint density at radius 2 is 1.85 bits per heavy atom. The summed E-state index contributed by atoms with van der Waals surface area (Å²) in [5.41, 5.74) is 5.06. The van der Waals surface area contributed by atoms with E-state index in [4.69, 9.17) is 14.2 Å². The fraction of sp³-hybridized carbons (Fsp3) is 0.286. The van der Waals surface area contributed by atoms with E-state index in [9.17, 15) is 14.4 Å². The van der Waals surface area contributed by atoms with Crippen LogP contribution in [0.2, 0.25) is 0 Å². The van der Waals surface area contributed by atoms with Crippen molar-refractivity contribution in [2.45, 2.75) is 39.2 Å². The van der Waals surface area contributed by atoms with Gasteiger partial charge in [-0.2, -0.15) is 5.10 Å². The molecule has 0 bridgehead atoms. The van der Waals surface area contributed by atoms with Crippen LogP contribution in [-0.4, -0.2) is 37.7 Å². The quantitative estimate of drug-likeness (QED) is 0.147. The Kier molecular flexibility index (Phi) is 9.72. The molecule has 0 saturated heterocycles. The lowest BCUT2D eigenvalue weighted by Gasteiger charge is -2.14. The number of carbonyl (C=O) groups excluding carboxylic acids is 3. The third-order valence-corrected chi connectivity index (χ3v) is 7.73. The second-order valence-corrected chi connectivity index (χ2v) is 10.6. The monoisotopic (exact) mass is 613 g/mol. The number of rotatable bonds is 9. The van der Waals surface area contributed by atoms with Crippen LogP contribution in [-0.2, 0) is 33.8 Å². The van der Waals surface area contributed by atoms with Gasteiger partial charge in [0.05, 0.1) is 30.0 Å². The number of benzene rings is 2. The van der Waals surface area contributed by atoms with Crippen LogP contribution < -0.4 is 20.2 Å². The van der Waals surface area contributed by atoms with Crippen molar-refractivity contribution >= 4 is 56.3 Å². The minimum absolute atomic E-state index is 0.314. The summed E-state index contributed by atoms with van der Waals surface area (Å²) in [5, 5.41) is 6.78. The zero-order valence-corrected chi connectivity index (χ0v) is 23.9. The number of thiophene rings is 1. The molecular formula is C28H28BrN3O6S. The van der Waals surface area contributed by atoms with E-state index in [1.165, 1.54) is 24.7 Å². The maximum absolute atomic E-state index is 12.6. The highest BCUT2D eigenvalue weighted by Gasteiger charge is 2.28. The van der Waals surface area contributed by atoms with Crippen LogP contribution in [0.25, 0.3) is 0 Å².